The van der Waals surface area contributed by atoms with E-state index < -0.39 is 12.1 Å². The third-order valence-electron chi connectivity index (χ3n) is 11.0. The van der Waals surface area contributed by atoms with Crippen molar-refractivity contribution in [3.63, 3.8) is 0 Å². The van der Waals surface area contributed by atoms with Gasteiger partial charge in [0.05, 0.1) is 6.42 Å². The molecular formula is C66H100O6. The summed E-state index contributed by atoms with van der Waals surface area (Å²) in [6.45, 7) is 6.21. The van der Waals surface area contributed by atoms with Crippen molar-refractivity contribution in [1.82, 2.24) is 0 Å². The molecule has 0 aliphatic heterocycles. The monoisotopic (exact) mass is 989 g/mol. The summed E-state index contributed by atoms with van der Waals surface area (Å²) in [5, 5.41) is 0. The van der Waals surface area contributed by atoms with Crippen LogP contribution >= 0.6 is 0 Å². The van der Waals surface area contributed by atoms with Gasteiger partial charge in [-0.25, -0.2) is 0 Å². The van der Waals surface area contributed by atoms with Gasteiger partial charge in [-0.05, 0) is 116 Å². The zero-order valence-corrected chi connectivity index (χ0v) is 45.6. The molecule has 0 amide bonds. The van der Waals surface area contributed by atoms with E-state index in [1.54, 1.807) is 6.08 Å². The molecule has 1 atom stereocenters. The molecule has 0 aromatic rings. The Balaban J connectivity index is 4.26. The standard InChI is InChI=1S/C66H100O6/c1-4-7-10-13-16-18-20-22-24-25-26-27-28-29-30-31-32-33-34-35-36-37-38-39-40-41-43-44-46-48-50-53-56-59-65(68)71-62-63(61-70-64(67)58-55-52-15-12-9-6-3)72-66(69)60-57-54-51-49-47-45-42-23-21-19-17-14-11-8-5-2/h7-8,10-11,16-19,22-24,26-27,29-30,32-33,35-36,38-39,41-43,47,49,54,57,63H,4-6,9,12-15,20-21,25,28,31,34,37,40,44-46,48,50-53,55-56,58-62H2,1-3H3/b10-7-,11-8-,18-16-,19-17-,24-22-,27-26-,30-29-,33-32-,36-35-,39-38-,42-23-,43-41-,49-47-,57-54-. The second-order valence-corrected chi connectivity index (χ2v) is 17.8. The van der Waals surface area contributed by atoms with E-state index in [0.29, 0.717) is 19.3 Å². The summed E-state index contributed by atoms with van der Waals surface area (Å²) in [5.74, 6) is -1.11. The number of esters is 3. The Labute approximate surface area is 441 Å². The number of ether oxygens (including phenoxy) is 3. The van der Waals surface area contributed by atoms with Crippen LogP contribution in [0.25, 0.3) is 0 Å². The van der Waals surface area contributed by atoms with E-state index >= 15 is 0 Å². The second-order valence-electron chi connectivity index (χ2n) is 17.8. The van der Waals surface area contributed by atoms with Crippen LogP contribution in [0.3, 0.4) is 0 Å². The van der Waals surface area contributed by atoms with Crippen molar-refractivity contribution in [3.05, 3.63) is 170 Å². The molecule has 0 aliphatic rings. The maximum absolute atomic E-state index is 12.7. The number of unbranched alkanes of at least 4 members (excludes halogenated alkanes) is 10. The molecule has 0 aromatic heterocycles. The maximum Gasteiger partial charge on any atom is 0.310 e. The number of hydrogen-bond acceptors (Lipinski definition) is 6. The van der Waals surface area contributed by atoms with Crippen molar-refractivity contribution >= 4 is 17.9 Å². The van der Waals surface area contributed by atoms with Gasteiger partial charge in [-0.2, -0.15) is 0 Å². The fraction of sp³-hybridized carbons (Fsp3) is 0.530. The Bertz CT molecular complexity index is 1700. The summed E-state index contributed by atoms with van der Waals surface area (Å²) < 4.78 is 16.6. The zero-order valence-electron chi connectivity index (χ0n) is 45.6. The smallest absolute Gasteiger partial charge is 0.310 e. The van der Waals surface area contributed by atoms with Gasteiger partial charge in [-0.3, -0.25) is 14.4 Å². The number of rotatable bonds is 48. The molecule has 400 valence electrons. The van der Waals surface area contributed by atoms with Gasteiger partial charge in [0.15, 0.2) is 6.10 Å². The van der Waals surface area contributed by atoms with Crippen LogP contribution in [-0.2, 0) is 28.6 Å². The zero-order chi connectivity index (χ0) is 52.2. The minimum absolute atomic E-state index is 0.0850. The third-order valence-corrected chi connectivity index (χ3v) is 11.0. The quantitative estimate of drug-likeness (QED) is 0.0262. The fourth-order valence-corrected chi connectivity index (χ4v) is 6.86. The lowest BCUT2D eigenvalue weighted by Crippen LogP contribution is -2.30. The van der Waals surface area contributed by atoms with Crippen LogP contribution in [0.15, 0.2) is 170 Å². The summed E-state index contributed by atoms with van der Waals surface area (Å²) in [7, 11) is 0. The molecule has 72 heavy (non-hydrogen) atoms. The highest BCUT2D eigenvalue weighted by Gasteiger charge is 2.19. The topological polar surface area (TPSA) is 78.9 Å². The summed E-state index contributed by atoms with van der Waals surface area (Å²) in [6, 6.07) is 0. The van der Waals surface area contributed by atoms with E-state index in [4.69, 9.17) is 14.2 Å². The van der Waals surface area contributed by atoms with Gasteiger partial charge in [-0.1, -0.05) is 242 Å². The predicted molar refractivity (Wildman–Crippen MR) is 311 cm³/mol. The van der Waals surface area contributed by atoms with Gasteiger partial charge in [-0.15, -0.1) is 0 Å². The summed E-state index contributed by atoms with van der Waals surface area (Å²) >= 11 is 0. The van der Waals surface area contributed by atoms with Gasteiger partial charge in [0.2, 0.25) is 0 Å². The summed E-state index contributed by atoms with van der Waals surface area (Å²) in [4.78, 5) is 37.7. The van der Waals surface area contributed by atoms with Crippen LogP contribution in [0.1, 0.15) is 207 Å². The molecule has 0 spiro atoms. The van der Waals surface area contributed by atoms with E-state index in [1.165, 1.54) is 19.3 Å². The first-order chi connectivity index (χ1) is 35.5. The van der Waals surface area contributed by atoms with Crippen molar-refractivity contribution in [2.24, 2.45) is 0 Å². The van der Waals surface area contributed by atoms with E-state index in [1.807, 2.05) is 6.08 Å². The van der Waals surface area contributed by atoms with Crippen LogP contribution in [-0.4, -0.2) is 37.2 Å². The Morgan fingerprint density at radius 1 is 0.306 bits per heavy atom. The van der Waals surface area contributed by atoms with Gasteiger partial charge in [0.1, 0.15) is 13.2 Å². The highest BCUT2D eigenvalue weighted by Crippen LogP contribution is 2.11. The molecule has 0 radical (unpaired) electrons. The van der Waals surface area contributed by atoms with E-state index in [9.17, 15) is 14.4 Å². The molecule has 1 unspecified atom stereocenters. The predicted octanol–water partition coefficient (Wildman–Crippen LogP) is 19.1. The minimum atomic E-state index is -0.845. The molecule has 0 aromatic carbocycles. The third kappa shape index (κ3) is 55.7. The Morgan fingerprint density at radius 2 is 0.583 bits per heavy atom. The SMILES string of the molecule is CC/C=C\C/C=C\C/C=C\C/C=C\C/C=C\C/C=C\C/C=C\C/C=C\C/C=C\CCCCCCCC(=O)OCC(COC(=O)CCCCCCCC)OC(=O)C/C=C\C/C=C\C/C=C\C/C=C\C/C=C\CC. The second kappa shape index (κ2) is 58.3. The number of carbonyl (C=O) groups excluding carboxylic acids is 3. The minimum Gasteiger partial charge on any atom is -0.462 e. The van der Waals surface area contributed by atoms with Crippen LogP contribution in [0.2, 0.25) is 0 Å². The lowest BCUT2D eigenvalue weighted by Gasteiger charge is -2.18. The van der Waals surface area contributed by atoms with E-state index in [2.05, 4.69) is 179 Å². The van der Waals surface area contributed by atoms with Crippen molar-refractivity contribution in [2.45, 2.75) is 213 Å². The van der Waals surface area contributed by atoms with Crippen molar-refractivity contribution in [1.29, 1.82) is 0 Å². The first kappa shape index (κ1) is 66.8. The highest BCUT2D eigenvalue weighted by atomic mass is 16.6. The number of hydrogen-bond donors (Lipinski definition) is 0. The molecule has 0 rings (SSSR count). The van der Waals surface area contributed by atoms with E-state index in [0.717, 1.165) is 141 Å². The Morgan fingerprint density at radius 3 is 0.917 bits per heavy atom. The molecule has 0 N–H and O–H groups in total. The average Bonchev–Trinajstić information content (AvgIpc) is 3.38. The number of allylic oxidation sites excluding steroid dienone is 27. The van der Waals surface area contributed by atoms with Gasteiger partial charge < -0.3 is 14.2 Å². The van der Waals surface area contributed by atoms with Gasteiger partial charge >= 0.3 is 17.9 Å². The molecule has 6 heteroatoms. The highest BCUT2D eigenvalue weighted by molar-refractivity contribution is 5.72. The molecule has 0 saturated heterocycles. The van der Waals surface area contributed by atoms with Crippen LogP contribution in [0.5, 0.6) is 0 Å². The maximum atomic E-state index is 12.7. The van der Waals surface area contributed by atoms with Crippen LogP contribution in [0, 0.1) is 0 Å². The van der Waals surface area contributed by atoms with Crippen molar-refractivity contribution in [3.8, 4) is 0 Å². The molecule has 0 bridgehead atoms. The normalized spacial score (nSPS) is 13.4. The first-order valence-corrected chi connectivity index (χ1v) is 28.1. The molecule has 0 heterocycles. The Kier molecular flexibility index (Phi) is 54.1. The van der Waals surface area contributed by atoms with Crippen LogP contribution < -0.4 is 0 Å². The number of carbonyl (C=O) groups is 3. The summed E-state index contributed by atoms with van der Waals surface area (Å²) in [6.07, 6.45) is 86.9. The van der Waals surface area contributed by atoms with Crippen molar-refractivity contribution < 1.29 is 28.6 Å². The van der Waals surface area contributed by atoms with Crippen LogP contribution in [0.4, 0.5) is 0 Å². The molecule has 6 nitrogen and oxygen atoms in total. The van der Waals surface area contributed by atoms with Gasteiger partial charge in [0, 0.05) is 12.8 Å². The molecule has 0 saturated carbocycles. The van der Waals surface area contributed by atoms with Crippen molar-refractivity contribution in [2.75, 3.05) is 13.2 Å². The largest absolute Gasteiger partial charge is 0.462 e. The lowest BCUT2D eigenvalue weighted by molar-refractivity contribution is -0.166. The first-order valence-electron chi connectivity index (χ1n) is 28.1. The molecule has 0 fully saturated rings. The summed E-state index contributed by atoms with van der Waals surface area (Å²) in [5.41, 5.74) is 0. The average molecular weight is 990 g/mol. The van der Waals surface area contributed by atoms with E-state index in [-0.39, 0.29) is 31.6 Å². The molecule has 0 aliphatic carbocycles. The molecular weight excluding hydrogens is 889 g/mol. The van der Waals surface area contributed by atoms with Gasteiger partial charge in [0.25, 0.3) is 0 Å². The Hall–Kier alpha value is -5.23. The fourth-order valence-electron chi connectivity index (χ4n) is 6.86. The lowest BCUT2D eigenvalue weighted by atomic mass is 10.1.